The Labute approximate surface area is 145 Å². The van der Waals surface area contributed by atoms with Crippen molar-refractivity contribution >= 4 is 86.6 Å². The number of nitrogens with one attached hydrogen (secondary N) is 1. The summed E-state index contributed by atoms with van der Waals surface area (Å²) < 4.78 is 0. The number of aryl methyl sites for hydroxylation is 2. The van der Waals surface area contributed by atoms with E-state index in [0.717, 1.165) is 10.4 Å². The third-order valence-electron chi connectivity index (χ3n) is 2.24. The van der Waals surface area contributed by atoms with Crippen molar-refractivity contribution < 1.29 is 9.90 Å². The molecule has 0 saturated carbocycles. The van der Waals surface area contributed by atoms with Crippen LogP contribution in [0.3, 0.4) is 0 Å². The summed E-state index contributed by atoms with van der Waals surface area (Å²) in [5, 5.41) is 9.21. The Morgan fingerprint density at radius 1 is 1.35 bits per heavy atom. The Bertz CT molecular complexity index is 620. The summed E-state index contributed by atoms with van der Waals surface area (Å²) in [4.78, 5) is 29.8. The van der Waals surface area contributed by atoms with Crippen LogP contribution in [0.4, 0.5) is 0 Å². The molecule has 0 aliphatic carbocycles. The number of carboxylic acids is 1. The first-order valence-corrected chi connectivity index (χ1v) is 5.05. The van der Waals surface area contributed by atoms with E-state index in [1.54, 1.807) is 0 Å². The molecule has 8 heteroatoms. The molecule has 2 aromatic heterocycles. The standard InChI is InChI=1S/C9H8N2O3S.2Na.2H/c1-3-4(2)15-8-5(3)7(12)10-6(11-8)9(13)14;;;;/h1-2H3,(H,13,14)(H,10,11,12);;;;. The third kappa shape index (κ3) is 3.20. The molecule has 0 saturated heterocycles. The minimum atomic E-state index is -1.22. The topological polar surface area (TPSA) is 83.0 Å². The zero-order valence-electron chi connectivity index (χ0n) is 8.12. The Balaban J connectivity index is 0.00000128. The van der Waals surface area contributed by atoms with Crippen LogP contribution in [-0.4, -0.2) is 80.2 Å². The molecule has 0 bridgehead atoms. The molecule has 0 fully saturated rings. The maximum absolute atomic E-state index is 11.6. The van der Waals surface area contributed by atoms with E-state index in [1.807, 2.05) is 13.8 Å². The van der Waals surface area contributed by atoms with Gasteiger partial charge in [0.1, 0.15) is 4.83 Å². The van der Waals surface area contributed by atoms with Gasteiger partial charge in [-0.15, -0.1) is 11.3 Å². The van der Waals surface area contributed by atoms with Crippen LogP contribution in [0.15, 0.2) is 4.79 Å². The average Bonchev–Trinajstić information content (AvgIpc) is 2.42. The third-order valence-corrected chi connectivity index (χ3v) is 3.34. The number of fused-ring (bicyclic) bond motifs is 1. The van der Waals surface area contributed by atoms with Gasteiger partial charge < -0.3 is 10.1 Å². The molecule has 17 heavy (non-hydrogen) atoms. The minimum absolute atomic E-state index is 0. The van der Waals surface area contributed by atoms with Gasteiger partial charge in [0, 0.05) is 4.88 Å². The Hall–Kier alpha value is 0.310. The van der Waals surface area contributed by atoms with Crippen molar-refractivity contribution in [3.63, 3.8) is 0 Å². The van der Waals surface area contributed by atoms with Crippen LogP contribution in [0.2, 0.25) is 0 Å². The van der Waals surface area contributed by atoms with Crippen molar-refractivity contribution in [3.8, 4) is 0 Å². The summed E-state index contributed by atoms with van der Waals surface area (Å²) >= 11 is 1.33. The summed E-state index contributed by atoms with van der Waals surface area (Å²) in [6.07, 6.45) is 0. The predicted molar refractivity (Wildman–Crippen MR) is 71.0 cm³/mol. The molecule has 2 rings (SSSR count). The van der Waals surface area contributed by atoms with Gasteiger partial charge in [-0.3, -0.25) is 4.79 Å². The number of nitrogens with zero attached hydrogens (tertiary/aromatic N) is 1. The second-order valence-corrected chi connectivity index (χ2v) is 4.39. The van der Waals surface area contributed by atoms with E-state index in [1.165, 1.54) is 11.3 Å². The van der Waals surface area contributed by atoms with Gasteiger partial charge >= 0.3 is 65.1 Å². The molecule has 5 nitrogen and oxygen atoms in total. The van der Waals surface area contributed by atoms with Gasteiger partial charge in [-0.1, -0.05) is 0 Å². The van der Waals surface area contributed by atoms with Crippen molar-refractivity contribution in [1.82, 2.24) is 9.97 Å². The second-order valence-electron chi connectivity index (χ2n) is 3.18. The van der Waals surface area contributed by atoms with Crippen molar-refractivity contribution in [2.75, 3.05) is 0 Å². The van der Waals surface area contributed by atoms with E-state index in [9.17, 15) is 9.59 Å². The molecule has 0 unspecified atom stereocenters. The van der Waals surface area contributed by atoms with Gasteiger partial charge in [-0.2, -0.15) is 0 Å². The number of thiophene rings is 1. The van der Waals surface area contributed by atoms with Crippen molar-refractivity contribution in [1.29, 1.82) is 0 Å². The Kier molecular flexibility index (Phi) is 6.59. The number of rotatable bonds is 1. The number of aromatic amines is 1. The number of carboxylic acid groups (broad SMARTS) is 1. The van der Waals surface area contributed by atoms with E-state index in [-0.39, 0.29) is 70.5 Å². The number of H-pyrrole nitrogens is 1. The van der Waals surface area contributed by atoms with Crippen LogP contribution >= 0.6 is 11.3 Å². The van der Waals surface area contributed by atoms with E-state index >= 15 is 0 Å². The number of aromatic carboxylic acids is 1. The van der Waals surface area contributed by atoms with E-state index in [4.69, 9.17) is 5.11 Å². The SMILES string of the molecule is Cc1sc2nc(C(=O)O)[nH]c(=O)c2c1C.[NaH].[NaH]. The van der Waals surface area contributed by atoms with Crippen LogP contribution in [-0.2, 0) is 0 Å². The molecular formula is C9H10N2Na2O3S. The maximum atomic E-state index is 11.6. The molecule has 2 heterocycles. The van der Waals surface area contributed by atoms with Gasteiger partial charge in [-0.05, 0) is 19.4 Å². The monoisotopic (exact) mass is 272 g/mol. The molecular weight excluding hydrogens is 262 g/mol. The van der Waals surface area contributed by atoms with E-state index in [2.05, 4.69) is 9.97 Å². The number of hydrogen-bond acceptors (Lipinski definition) is 4. The fraction of sp³-hybridized carbons (Fsp3) is 0.222. The van der Waals surface area contributed by atoms with Crippen molar-refractivity contribution in [2.45, 2.75) is 13.8 Å². The summed E-state index contributed by atoms with van der Waals surface area (Å²) in [6, 6.07) is 0. The summed E-state index contributed by atoms with van der Waals surface area (Å²) in [6.45, 7) is 3.70. The van der Waals surface area contributed by atoms with Crippen molar-refractivity contribution in [3.05, 3.63) is 26.6 Å². The van der Waals surface area contributed by atoms with Gasteiger partial charge in [0.15, 0.2) is 0 Å². The molecule has 0 aromatic carbocycles. The first kappa shape index (κ1) is 17.3. The Morgan fingerprint density at radius 2 is 1.94 bits per heavy atom. The fourth-order valence-corrected chi connectivity index (χ4v) is 2.39. The molecule has 0 aliphatic heterocycles. The number of aromatic nitrogens is 2. The van der Waals surface area contributed by atoms with Crippen LogP contribution in [0.5, 0.6) is 0 Å². The van der Waals surface area contributed by atoms with Crippen LogP contribution in [0.1, 0.15) is 21.1 Å². The van der Waals surface area contributed by atoms with Crippen LogP contribution in [0.25, 0.3) is 10.2 Å². The zero-order valence-corrected chi connectivity index (χ0v) is 8.94. The molecule has 0 radical (unpaired) electrons. The summed E-state index contributed by atoms with van der Waals surface area (Å²) in [5.74, 6) is -1.54. The average molecular weight is 272 g/mol. The Morgan fingerprint density at radius 3 is 2.47 bits per heavy atom. The van der Waals surface area contributed by atoms with E-state index < -0.39 is 5.97 Å². The van der Waals surface area contributed by atoms with Crippen molar-refractivity contribution in [2.24, 2.45) is 0 Å². The molecule has 0 spiro atoms. The molecule has 2 aromatic rings. The van der Waals surface area contributed by atoms with Crippen LogP contribution in [0, 0.1) is 13.8 Å². The van der Waals surface area contributed by atoms with Gasteiger partial charge in [0.2, 0.25) is 5.82 Å². The van der Waals surface area contributed by atoms with Gasteiger partial charge in [-0.25, -0.2) is 9.78 Å². The quantitative estimate of drug-likeness (QED) is 0.716. The van der Waals surface area contributed by atoms with Crippen LogP contribution < -0.4 is 5.56 Å². The molecule has 82 valence electrons. The molecule has 0 atom stereocenters. The normalized spacial score (nSPS) is 9.53. The second kappa shape index (κ2) is 6.47. The van der Waals surface area contributed by atoms with Gasteiger partial charge in [0.25, 0.3) is 5.56 Å². The fourth-order valence-electron chi connectivity index (χ4n) is 1.36. The number of hydrogen-bond donors (Lipinski definition) is 2. The predicted octanol–water partition coefficient (Wildman–Crippen LogP) is 0.00264. The van der Waals surface area contributed by atoms with E-state index in [0.29, 0.717) is 10.2 Å². The molecule has 0 aliphatic rings. The summed E-state index contributed by atoms with van der Waals surface area (Å²) in [5.41, 5.74) is 0.472. The van der Waals surface area contributed by atoms with Gasteiger partial charge in [0.05, 0.1) is 5.39 Å². The summed E-state index contributed by atoms with van der Waals surface area (Å²) in [7, 11) is 0. The molecule has 2 N–H and O–H groups in total. The first-order chi connectivity index (χ1) is 7.00. The molecule has 0 amide bonds. The zero-order chi connectivity index (χ0) is 11.2. The number of carbonyl (C=O) groups is 1. The first-order valence-electron chi connectivity index (χ1n) is 4.24.